The molecule has 4 rings (SSSR count). The highest BCUT2D eigenvalue weighted by molar-refractivity contribution is 5.57. The van der Waals surface area contributed by atoms with Crippen molar-refractivity contribution in [3.63, 3.8) is 0 Å². The van der Waals surface area contributed by atoms with Crippen LogP contribution < -0.4 is 4.74 Å². The van der Waals surface area contributed by atoms with Crippen LogP contribution in [0.2, 0.25) is 0 Å². The summed E-state index contributed by atoms with van der Waals surface area (Å²) in [4.78, 5) is 6.87. The third kappa shape index (κ3) is 4.08. The van der Waals surface area contributed by atoms with Gasteiger partial charge in [0.2, 0.25) is 0 Å². The molecule has 1 aliphatic heterocycles. The Morgan fingerprint density at radius 3 is 2.61 bits per heavy atom. The molecule has 3 aromatic rings. The molecule has 2 aromatic carbocycles. The molecule has 1 fully saturated rings. The Kier molecular flexibility index (Phi) is 5.41. The zero-order valence-electron chi connectivity index (χ0n) is 16.1. The first-order valence-electron chi connectivity index (χ1n) is 9.68. The van der Waals surface area contributed by atoms with E-state index < -0.39 is 0 Å². The fourth-order valence-corrected chi connectivity index (χ4v) is 3.63. The summed E-state index contributed by atoms with van der Waals surface area (Å²) in [6.07, 6.45) is 6.19. The smallest absolute Gasteiger partial charge is 0.140 e. The molecule has 0 amide bonds. The van der Waals surface area contributed by atoms with E-state index in [-0.39, 0.29) is 0 Å². The van der Waals surface area contributed by atoms with Gasteiger partial charge in [0.1, 0.15) is 17.7 Å². The summed E-state index contributed by atoms with van der Waals surface area (Å²) in [7, 11) is 2.15. The van der Waals surface area contributed by atoms with E-state index in [1.54, 1.807) is 6.20 Å². The van der Waals surface area contributed by atoms with Crippen LogP contribution in [-0.4, -0.2) is 40.7 Å². The fraction of sp³-hybridized carbons (Fsp3) is 0.304. The molecule has 0 aliphatic carbocycles. The molecular weight excluding hydrogens is 348 g/mol. The van der Waals surface area contributed by atoms with Crippen LogP contribution in [0.1, 0.15) is 24.0 Å². The minimum Gasteiger partial charge on any atom is -0.490 e. The zero-order chi connectivity index (χ0) is 19.3. The minimum absolute atomic E-state index is 0.298. The molecule has 1 aromatic heterocycles. The largest absolute Gasteiger partial charge is 0.490 e. The van der Waals surface area contributed by atoms with E-state index in [1.165, 1.54) is 0 Å². The normalized spacial score (nSPS) is 15.3. The Morgan fingerprint density at radius 1 is 1.11 bits per heavy atom. The topological polar surface area (TPSA) is 54.1 Å². The number of ether oxygens (including phenoxy) is 1. The van der Waals surface area contributed by atoms with E-state index in [4.69, 9.17) is 4.74 Å². The van der Waals surface area contributed by atoms with Crippen molar-refractivity contribution in [2.45, 2.75) is 25.5 Å². The monoisotopic (exact) mass is 372 g/mol. The molecule has 0 N–H and O–H groups in total. The van der Waals surface area contributed by atoms with E-state index >= 15 is 0 Å². The SMILES string of the molecule is CN1CCC(Oc2ccc(-c3nccn3Cc3ccccc3C#N)cc2)CC1. The van der Waals surface area contributed by atoms with E-state index in [9.17, 15) is 5.26 Å². The highest BCUT2D eigenvalue weighted by Gasteiger charge is 2.18. The van der Waals surface area contributed by atoms with Crippen LogP contribution in [0.3, 0.4) is 0 Å². The van der Waals surface area contributed by atoms with Crippen molar-refractivity contribution in [1.29, 1.82) is 5.26 Å². The number of imidazole rings is 1. The molecule has 1 aliphatic rings. The number of benzene rings is 2. The van der Waals surface area contributed by atoms with Gasteiger partial charge < -0.3 is 14.2 Å². The lowest BCUT2D eigenvalue weighted by molar-refractivity contribution is 0.114. The molecule has 1 saturated heterocycles. The van der Waals surface area contributed by atoms with Crippen molar-refractivity contribution in [2.75, 3.05) is 20.1 Å². The quantitative estimate of drug-likeness (QED) is 0.681. The van der Waals surface area contributed by atoms with Crippen molar-refractivity contribution >= 4 is 0 Å². The summed E-state index contributed by atoms with van der Waals surface area (Å²) in [5, 5.41) is 9.32. The number of nitrogens with zero attached hydrogens (tertiary/aromatic N) is 4. The average Bonchev–Trinajstić information content (AvgIpc) is 3.19. The van der Waals surface area contributed by atoms with Crippen molar-refractivity contribution in [2.24, 2.45) is 0 Å². The third-order valence-electron chi connectivity index (χ3n) is 5.27. The summed E-state index contributed by atoms with van der Waals surface area (Å²) >= 11 is 0. The second-order valence-electron chi connectivity index (χ2n) is 7.29. The van der Waals surface area contributed by atoms with Gasteiger partial charge in [0.05, 0.1) is 18.2 Å². The van der Waals surface area contributed by atoms with Crippen LogP contribution in [0.4, 0.5) is 0 Å². The maximum atomic E-state index is 9.32. The van der Waals surface area contributed by atoms with Gasteiger partial charge in [-0.1, -0.05) is 18.2 Å². The molecule has 0 saturated carbocycles. The standard InChI is InChI=1S/C23H24N4O/c1-26-13-10-22(11-14-26)28-21-8-6-18(7-9-21)23-25-12-15-27(23)17-20-5-3-2-4-19(20)16-24/h2-9,12,15,22H,10-11,13-14,17H2,1H3. The van der Waals surface area contributed by atoms with Crippen molar-refractivity contribution in [1.82, 2.24) is 14.5 Å². The molecule has 0 radical (unpaired) electrons. The Balaban J connectivity index is 1.48. The van der Waals surface area contributed by atoms with Crippen LogP contribution in [0.25, 0.3) is 11.4 Å². The molecular formula is C23H24N4O. The van der Waals surface area contributed by atoms with Crippen molar-refractivity contribution in [3.05, 3.63) is 72.1 Å². The molecule has 2 heterocycles. The van der Waals surface area contributed by atoms with Crippen LogP contribution in [-0.2, 0) is 6.54 Å². The zero-order valence-corrected chi connectivity index (χ0v) is 16.1. The molecule has 0 atom stereocenters. The highest BCUT2D eigenvalue weighted by atomic mass is 16.5. The minimum atomic E-state index is 0.298. The second-order valence-corrected chi connectivity index (χ2v) is 7.29. The lowest BCUT2D eigenvalue weighted by Gasteiger charge is -2.29. The van der Waals surface area contributed by atoms with Gasteiger partial charge in [-0.25, -0.2) is 4.98 Å². The number of rotatable bonds is 5. The van der Waals surface area contributed by atoms with Crippen LogP contribution in [0.5, 0.6) is 5.75 Å². The van der Waals surface area contributed by atoms with Gasteiger partial charge in [-0.3, -0.25) is 0 Å². The summed E-state index contributed by atoms with van der Waals surface area (Å²) in [6, 6.07) is 18.1. The molecule has 142 valence electrons. The van der Waals surface area contributed by atoms with E-state index in [0.717, 1.165) is 48.6 Å². The third-order valence-corrected chi connectivity index (χ3v) is 5.27. The van der Waals surface area contributed by atoms with Crippen LogP contribution >= 0.6 is 0 Å². The predicted octanol–water partition coefficient (Wildman–Crippen LogP) is 3.94. The molecule has 28 heavy (non-hydrogen) atoms. The van der Waals surface area contributed by atoms with Gasteiger partial charge in [-0.2, -0.15) is 5.26 Å². The van der Waals surface area contributed by atoms with E-state index in [1.807, 2.05) is 42.6 Å². The van der Waals surface area contributed by atoms with Gasteiger partial charge in [-0.15, -0.1) is 0 Å². The first-order valence-corrected chi connectivity index (χ1v) is 9.68. The van der Waals surface area contributed by atoms with Gasteiger partial charge in [-0.05, 0) is 55.8 Å². The number of piperidine rings is 1. The maximum Gasteiger partial charge on any atom is 0.140 e. The second kappa shape index (κ2) is 8.28. The molecule has 0 unspecified atom stereocenters. The average molecular weight is 372 g/mol. The fourth-order valence-electron chi connectivity index (χ4n) is 3.63. The predicted molar refractivity (Wildman–Crippen MR) is 109 cm³/mol. The summed E-state index contributed by atoms with van der Waals surface area (Å²) in [6.45, 7) is 2.79. The lowest BCUT2D eigenvalue weighted by Crippen LogP contribution is -2.35. The number of likely N-dealkylation sites (tertiary alicyclic amines) is 1. The Bertz CT molecular complexity index is 963. The molecule has 5 nitrogen and oxygen atoms in total. The van der Waals surface area contributed by atoms with Crippen molar-refractivity contribution < 1.29 is 4.74 Å². The highest BCUT2D eigenvalue weighted by Crippen LogP contribution is 2.24. The lowest BCUT2D eigenvalue weighted by atomic mass is 10.1. The number of hydrogen-bond acceptors (Lipinski definition) is 4. The van der Waals surface area contributed by atoms with Crippen LogP contribution in [0, 0.1) is 11.3 Å². The van der Waals surface area contributed by atoms with E-state index in [2.05, 4.69) is 39.7 Å². The summed E-state index contributed by atoms with van der Waals surface area (Å²) in [5.41, 5.74) is 2.73. The first kappa shape index (κ1) is 18.3. The van der Waals surface area contributed by atoms with E-state index in [0.29, 0.717) is 18.2 Å². The van der Waals surface area contributed by atoms with Gasteiger partial charge in [0.15, 0.2) is 0 Å². The molecule has 0 spiro atoms. The maximum absolute atomic E-state index is 9.32. The molecule has 0 bridgehead atoms. The molecule has 5 heteroatoms. The first-order chi connectivity index (χ1) is 13.7. The Morgan fingerprint density at radius 2 is 1.86 bits per heavy atom. The summed E-state index contributed by atoms with van der Waals surface area (Å²) in [5.74, 6) is 1.80. The van der Waals surface area contributed by atoms with Gasteiger partial charge in [0.25, 0.3) is 0 Å². The van der Waals surface area contributed by atoms with Gasteiger partial charge >= 0.3 is 0 Å². The van der Waals surface area contributed by atoms with Crippen molar-refractivity contribution in [3.8, 4) is 23.2 Å². The van der Waals surface area contributed by atoms with Gasteiger partial charge in [0, 0.05) is 31.0 Å². The number of hydrogen-bond donors (Lipinski definition) is 0. The Hall–Kier alpha value is -3.10. The Labute approximate surface area is 165 Å². The number of nitriles is 1. The summed E-state index contributed by atoms with van der Waals surface area (Å²) < 4.78 is 8.21. The van der Waals surface area contributed by atoms with Crippen LogP contribution in [0.15, 0.2) is 60.9 Å². The number of aromatic nitrogens is 2.